The zero-order valence-corrected chi connectivity index (χ0v) is 49.7. The first-order valence-corrected chi connectivity index (χ1v) is 31.2. The third-order valence-electron chi connectivity index (χ3n) is 15.3. The molecule has 0 aliphatic carbocycles. The number of anilines is 2. The second-order valence-corrected chi connectivity index (χ2v) is 27.7. The van der Waals surface area contributed by atoms with Crippen LogP contribution in [0.3, 0.4) is 0 Å². The molecular formula is C62H72Cl4N6O6Si. The molecular weight excluding hydrogens is 1090 g/mol. The number of benzene rings is 6. The highest BCUT2D eigenvalue weighted by molar-refractivity contribution is 6.74. The summed E-state index contributed by atoms with van der Waals surface area (Å²) in [5, 5.41) is 30.8. The van der Waals surface area contributed by atoms with Crippen LogP contribution in [0.1, 0.15) is 80.0 Å². The number of rotatable bonds is 20. The summed E-state index contributed by atoms with van der Waals surface area (Å²) < 4.78 is 17.8. The first-order chi connectivity index (χ1) is 38.0. The van der Waals surface area contributed by atoms with Crippen LogP contribution in [0.25, 0.3) is 9.69 Å². The van der Waals surface area contributed by atoms with Crippen LogP contribution < -0.4 is 19.3 Å². The van der Waals surface area contributed by atoms with E-state index in [-0.39, 0.29) is 62.2 Å². The van der Waals surface area contributed by atoms with Crippen molar-refractivity contribution in [2.45, 2.75) is 75.9 Å². The average molecular weight is 1170 g/mol. The minimum absolute atomic E-state index is 0.00133. The van der Waals surface area contributed by atoms with Crippen LogP contribution in [-0.4, -0.2) is 112 Å². The molecule has 4 atom stereocenters. The Kier molecular flexibility index (Phi) is 22.4. The van der Waals surface area contributed by atoms with E-state index >= 15 is 0 Å². The molecule has 2 aliphatic heterocycles. The van der Waals surface area contributed by atoms with Gasteiger partial charge in [0.1, 0.15) is 24.7 Å². The molecule has 0 bridgehead atoms. The molecule has 0 aromatic heterocycles. The Morgan fingerprint density at radius 2 is 0.949 bits per heavy atom. The predicted molar refractivity (Wildman–Crippen MR) is 325 cm³/mol. The Hall–Kier alpha value is -5.36. The lowest BCUT2D eigenvalue weighted by Crippen LogP contribution is -2.50. The van der Waals surface area contributed by atoms with Gasteiger partial charge in [0.25, 0.3) is 0 Å². The van der Waals surface area contributed by atoms with Gasteiger partial charge >= 0.3 is 0 Å². The Labute approximate surface area is 488 Å². The molecule has 0 radical (unpaired) electrons. The third-order valence-corrected chi connectivity index (χ3v) is 20.9. The number of aliphatic hydroxyl groups excluding tert-OH is 3. The van der Waals surface area contributed by atoms with Gasteiger partial charge in [-0.2, -0.15) is 0 Å². The van der Waals surface area contributed by atoms with Crippen LogP contribution in [0.2, 0.25) is 38.2 Å². The Morgan fingerprint density at radius 1 is 0.544 bits per heavy atom. The maximum Gasteiger partial charge on any atom is 0.191 e. The molecule has 2 heterocycles. The van der Waals surface area contributed by atoms with Crippen molar-refractivity contribution in [1.82, 2.24) is 9.80 Å². The van der Waals surface area contributed by atoms with Crippen molar-refractivity contribution in [3.63, 3.8) is 0 Å². The smallest absolute Gasteiger partial charge is 0.191 e. The zero-order chi connectivity index (χ0) is 56.7. The van der Waals surface area contributed by atoms with Crippen molar-refractivity contribution in [1.29, 1.82) is 0 Å². The van der Waals surface area contributed by atoms with Crippen molar-refractivity contribution < 1.29 is 29.2 Å². The molecule has 8 rings (SSSR count). The summed E-state index contributed by atoms with van der Waals surface area (Å²) in [6.45, 7) is 31.7. The quantitative estimate of drug-likeness (QED) is 0.0505. The molecule has 6 aromatic carbocycles. The molecule has 2 saturated heterocycles. The van der Waals surface area contributed by atoms with Crippen LogP contribution in [0.4, 0.5) is 22.7 Å². The van der Waals surface area contributed by atoms with Gasteiger partial charge in [0, 0.05) is 86.7 Å². The first kappa shape index (κ1) is 61.3. The van der Waals surface area contributed by atoms with Gasteiger partial charge in [0.2, 0.25) is 0 Å². The number of ether oxygens (including phenoxy) is 2. The lowest BCUT2D eigenvalue weighted by Gasteiger charge is -2.46. The van der Waals surface area contributed by atoms with E-state index in [1.165, 1.54) is 5.56 Å². The molecule has 2 unspecified atom stereocenters. The summed E-state index contributed by atoms with van der Waals surface area (Å²) in [6, 6.07) is 43.1. The normalized spacial score (nSPS) is 17.0. The van der Waals surface area contributed by atoms with Gasteiger partial charge in [-0.25, -0.2) is 9.69 Å². The van der Waals surface area contributed by atoms with Gasteiger partial charge in [-0.1, -0.05) is 140 Å². The minimum atomic E-state index is -1.90. The van der Waals surface area contributed by atoms with Gasteiger partial charge in [-0.05, 0) is 102 Å². The molecule has 6 aromatic rings. The van der Waals surface area contributed by atoms with E-state index in [1.54, 1.807) is 6.07 Å². The van der Waals surface area contributed by atoms with Crippen molar-refractivity contribution in [2.24, 2.45) is 0 Å². The lowest BCUT2D eigenvalue weighted by molar-refractivity contribution is 0.131. The molecule has 2 aliphatic rings. The van der Waals surface area contributed by atoms with E-state index in [0.29, 0.717) is 56.0 Å². The largest absolute Gasteiger partial charge is 0.491 e. The molecule has 0 amide bonds. The molecule has 0 saturated carbocycles. The fourth-order valence-corrected chi connectivity index (χ4v) is 11.9. The highest BCUT2D eigenvalue weighted by Crippen LogP contribution is 2.43. The maximum atomic E-state index is 9.85. The van der Waals surface area contributed by atoms with E-state index in [1.807, 2.05) is 103 Å². The van der Waals surface area contributed by atoms with Crippen LogP contribution in [0.15, 0.2) is 133 Å². The average Bonchev–Trinajstić information content (AvgIpc) is 3.48. The highest BCUT2D eigenvalue weighted by atomic mass is 35.5. The topological polar surface area (TPSA) is 110 Å². The highest BCUT2D eigenvalue weighted by Gasteiger charge is 2.39. The monoisotopic (exact) mass is 1160 g/mol. The van der Waals surface area contributed by atoms with Crippen molar-refractivity contribution in [3.8, 4) is 11.5 Å². The minimum Gasteiger partial charge on any atom is -0.491 e. The van der Waals surface area contributed by atoms with Gasteiger partial charge in [-0.15, -0.1) is 0 Å². The van der Waals surface area contributed by atoms with Gasteiger partial charge < -0.3 is 39.0 Å². The van der Waals surface area contributed by atoms with Gasteiger partial charge in [-0.3, -0.25) is 9.80 Å². The number of aliphatic hydroxyl groups is 3. The molecule has 3 N–H and O–H groups in total. The molecule has 418 valence electrons. The van der Waals surface area contributed by atoms with Gasteiger partial charge in [0.15, 0.2) is 19.7 Å². The van der Waals surface area contributed by atoms with E-state index in [2.05, 4.69) is 87.4 Å². The van der Waals surface area contributed by atoms with Crippen LogP contribution in [-0.2, 0) is 4.43 Å². The Morgan fingerprint density at radius 3 is 1.30 bits per heavy atom. The SMILES string of the molecule is [C-]#[N+]c1ccc(C(CCO)N2CCN(c3ccc(OCCO)cc3Cl)[C@H](c3ccc(Cl)cc3)C2)cc1.[C-]#[N+]c1ccc(C(CCO[Si](C)(C)C(C)(C)C)N2CCN(c3ccc(OCCO)cc3Cl)[C@H](c3ccc(Cl)cc3)C2)cc1. The third kappa shape index (κ3) is 16.2. The van der Waals surface area contributed by atoms with Crippen molar-refractivity contribution >= 4 is 77.5 Å². The molecule has 12 nitrogen and oxygen atoms in total. The Bertz CT molecular complexity index is 2970. The maximum absolute atomic E-state index is 9.85. The summed E-state index contributed by atoms with van der Waals surface area (Å²) in [5.74, 6) is 1.25. The standard InChI is InChI=1S/C34H43Cl2N3O3Si.C28H29Cl2N3O3/c1-34(2,3)43(5,6)42-21-17-31(25-9-13-28(37-4)14-10-25)38-18-19-39(33(24-38)26-7-11-27(35)12-8-26)32-16-15-29(23-30(32)36)41-22-20-40;1-31-23-8-4-20(5-9-23)26(12-15-34)32-13-14-33(28(19-32)21-2-6-22(29)7-3-21)27-11-10-24(18-25(27)30)36-17-16-35/h7-16,23,31,33,40H,17-22,24H2,1-3,5-6H3;2-11,18,26,28,34-35H,12-17,19H2/t31?,33-;26?,28-/m00/s1. The number of hydrogen-bond acceptors (Lipinski definition) is 10. The van der Waals surface area contributed by atoms with Crippen LogP contribution >= 0.6 is 46.4 Å². The number of hydrogen-bond donors (Lipinski definition) is 3. The molecule has 17 heteroatoms. The fraction of sp³-hybridized carbons (Fsp3) is 0.387. The van der Waals surface area contributed by atoms with E-state index in [0.717, 1.165) is 73.8 Å². The second kappa shape index (κ2) is 28.9. The summed E-state index contributed by atoms with van der Waals surface area (Å²) in [6.07, 6.45) is 1.46. The first-order valence-electron chi connectivity index (χ1n) is 26.8. The van der Waals surface area contributed by atoms with Crippen molar-refractivity contribution in [3.05, 3.63) is 199 Å². The summed E-state index contributed by atoms with van der Waals surface area (Å²) in [5.41, 5.74) is 7.65. The van der Waals surface area contributed by atoms with E-state index in [4.69, 9.17) is 83.7 Å². The summed E-state index contributed by atoms with van der Waals surface area (Å²) >= 11 is 26.0. The molecule has 2 fully saturated rings. The van der Waals surface area contributed by atoms with E-state index < -0.39 is 8.32 Å². The van der Waals surface area contributed by atoms with E-state index in [9.17, 15) is 5.11 Å². The van der Waals surface area contributed by atoms with Crippen LogP contribution in [0, 0.1) is 13.1 Å². The van der Waals surface area contributed by atoms with Crippen LogP contribution in [0.5, 0.6) is 11.5 Å². The fourth-order valence-electron chi connectivity index (χ4n) is 10.1. The number of halogens is 4. The second-order valence-electron chi connectivity index (χ2n) is 21.2. The number of nitrogens with zero attached hydrogens (tertiary/aromatic N) is 6. The van der Waals surface area contributed by atoms with Gasteiger partial charge in [0.05, 0.1) is 59.9 Å². The molecule has 0 spiro atoms. The number of piperazine rings is 2. The predicted octanol–water partition coefficient (Wildman–Crippen LogP) is 14.8. The Balaban J connectivity index is 0.000000232. The van der Waals surface area contributed by atoms with Crippen molar-refractivity contribution in [2.75, 3.05) is 88.7 Å². The zero-order valence-electron chi connectivity index (χ0n) is 45.7. The summed E-state index contributed by atoms with van der Waals surface area (Å²) in [7, 11) is -1.90. The molecule has 79 heavy (non-hydrogen) atoms. The lowest BCUT2D eigenvalue weighted by atomic mass is 9.96. The summed E-state index contributed by atoms with van der Waals surface area (Å²) in [4.78, 5) is 16.7.